The highest BCUT2D eigenvalue weighted by Gasteiger charge is 2.25. The third-order valence-electron chi connectivity index (χ3n) is 4.41. The maximum atomic E-state index is 12.7. The molecule has 0 saturated heterocycles. The van der Waals surface area contributed by atoms with Crippen LogP contribution in [0.25, 0.3) is 0 Å². The minimum Gasteiger partial charge on any atom is -0.324 e. The predicted octanol–water partition coefficient (Wildman–Crippen LogP) is 3.71. The number of carbonyl (C=O) groups is 2. The van der Waals surface area contributed by atoms with Gasteiger partial charge >= 0.3 is 0 Å². The van der Waals surface area contributed by atoms with E-state index in [0.29, 0.717) is 11.4 Å². The number of thioether (sulfide) groups is 1. The van der Waals surface area contributed by atoms with Crippen LogP contribution in [0, 0.1) is 0 Å². The number of amides is 2. The number of benzene rings is 2. The van der Waals surface area contributed by atoms with Crippen LogP contribution in [0.1, 0.15) is 13.3 Å². The molecule has 0 bridgehead atoms. The first-order chi connectivity index (χ1) is 13.2. The molecule has 1 aliphatic heterocycles. The van der Waals surface area contributed by atoms with Crippen molar-refractivity contribution in [2.75, 3.05) is 23.0 Å². The Morgan fingerprint density at radius 2 is 1.89 bits per heavy atom. The molecule has 0 aliphatic carbocycles. The van der Waals surface area contributed by atoms with Gasteiger partial charge in [-0.05, 0) is 49.4 Å². The van der Waals surface area contributed by atoms with E-state index >= 15 is 0 Å². The van der Waals surface area contributed by atoms with Crippen molar-refractivity contribution >= 4 is 60.7 Å². The summed E-state index contributed by atoms with van der Waals surface area (Å²) < 4.78 is 26.2. The summed E-state index contributed by atoms with van der Waals surface area (Å²) in [6.07, 6.45) is -0.135. The molecular formula is C19H19BrN2O4S2. The van der Waals surface area contributed by atoms with Gasteiger partial charge in [0.2, 0.25) is 11.8 Å². The summed E-state index contributed by atoms with van der Waals surface area (Å²) in [6, 6.07) is 11.9. The van der Waals surface area contributed by atoms with E-state index in [1.807, 2.05) is 12.1 Å². The third kappa shape index (κ3) is 4.59. The average Bonchev–Trinajstić information content (AvgIpc) is 2.66. The highest BCUT2D eigenvalue weighted by molar-refractivity contribution is 9.10. The largest absolute Gasteiger partial charge is 0.324 e. The van der Waals surface area contributed by atoms with E-state index in [-0.39, 0.29) is 34.1 Å². The predicted molar refractivity (Wildman–Crippen MR) is 115 cm³/mol. The van der Waals surface area contributed by atoms with Gasteiger partial charge in [0.05, 0.1) is 21.6 Å². The fourth-order valence-electron chi connectivity index (χ4n) is 2.70. The van der Waals surface area contributed by atoms with Crippen molar-refractivity contribution in [3.8, 4) is 0 Å². The minimum atomic E-state index is -3.66. The highest BCUT2D eigenvalue weighted by atomic mass is 79.9. The van der Waals surface area contributed by atoms with Crippen molar-refractivity contribution < 1.29 is 18.0 Å². The third-order valence-corrected chi connectivity index (χ3v) is 7.83. The molecule has 1 aliphatic rings. The molecule has 1 heterocycles. The lowest BCUT2D eigenvalue weighted by Gasteiger charge is -2.22. The number of anilines is 2. The van der Waals surface area contributed by atoms with Crippen LogP contribution in [-0.4, -0.2) is 38.3 Å². The molecule has 2 aromatic carbocycles. The maximum Gasteiger partial charge on any atom is 0.237 e. The van der Waals surface area contributed by atoms with Gasteiger partial charge in [-0.25, -0.2) is 8.42 Å². The quantitative estimate of drug-likeness (QED) is 0.701. The maximum absolute atomic E-state index is 12.7. The van der Waals surface area contributed by atoms with Crippen molar-refractivity contribution in [3.63, 3.8) is 0 Å². The lowest BCUT2D eigenvalue weighted by Crippen LogP contribution is -2.28. The van der Waals surface area contributed by atoms with Gasteiger partial charge in [0.1, 0.15) is 0 Å². The monoisotopic (exact) mass is 482 g/mol. The van der Waals surface area contributed by atoms with Crippen molar-refractivity contribution in [3.05, 3.63) is 46.9 Å². The van der Waals surface area contributed by atoms with E-state index < -0.39 is 9.84 Å². The normalized spacial score (nSPS) is 16.2. The summed E-state index contributed by atoms with van der Waals surface area (Å²) in [7, 11) is -2.04. The number of hydrogen-bond acceptors (Lipinski definition) is 5. The van der Waals surface area contributed by atoms with Crippen molar-refractivity contribution in [2.24, 2.45) is 0 Å². The van der Waals surface area contributed by atoms with Crippen LogP contribution in [0.4, 0.5) is 11.4 Å². The fourth-order valence-corrected chi connectivity index (χ4v) is 5.14. The van der Waals surface area contributed by atoms with Crippen LogP contribution in [0.5, 0.6) is 0 Å². The molecule has 0 saturated carbocycles. The average molecular weight is 483 g/mol. The van der Waals surface area contributed by atoms with Crippen LogP contribution in [0.15, 0.2) is 56.7 Å². The van der Waals surface area contributed by atoms with Gasteiger partial charge in [-0.2, -0.15) is 0 Å². The number of rotatable bonds is 5. The molecule has 1 unspecified atom stereocenters. The zero-order valence-corrected chi connectivity index (χ0v) is 18.5. The number of carbonyl (C=O) groups excluding carboxylic acids is 2. The molecule has 28 heavy (non-hydrogen) atoms. The molecule has 0 aromatic heterocycles. The molecule has 1 atom stereocenters. The van der Waals surface area contributed by atoms with Crippen LogP contribution >= 0.6 is 27.7 Å². The number of nitrogens with zero attached hydrogens (tertiary/aromatic N) is 1. The molecule has 0 spiro atoms. The Labute approximate surface area is 176 Å². The van der Waals surface area contributed by atoms with Gasteiger partial charge in [0.15, 0.2) is 9.84 Å². The number of hydrogen-bond donors (Lipinski definition) is 1. The Kier molecular flexibility index (Phi) is 6.16. The SMILES string of the molecule is CC1Sc2ccc(S(=O)(=O)CCC(=O)N(C)c3ccc(Br)cc3)cc2NC1=O. The number of fused-ring (bicyclic) bond motifs is 1. The summed E-state index contributed by atoms with van der Waals surface area (Å²) in [5, 5.41) is 2.51. The second kappa shape index (κ2) is 8.26. The highest BCUT2D eigenvalue weighted by Crippen LogP contribution is 2.36. The zero-order valence-electron chi connectivity index (χ0n) is 15.3. The summed E-state index contributed by atoms with van der Waals surface area (Å²) in [5.74, 6) is -0.747. The standard InChI is InChI=1S/C19H19BrN2O4S2/c1-12-19(24)21-16-11-15(7-8-17(16)27-12)28(25,26)10-9-18(23)22(2)14-5-3-13(20)4-6-14/h3-8,11-12H,9-10H2,1-2H3,(H,21,24). The zero-order chi connectivity index (χ0) is 20.5. The Balaban J connectivity index is 1.70. The van der Waals surface area contributed by atoms with E-state index in [1.165, 1.54) is 28.8 Å². The first kappa shape index (κ1) is 20.9. The van der Waals surface area contributed by atoms with Crippen molar-refractivity contribution in [2.45, 2.75) is 28.4 Å². The lowest BCUT2D eigenvalue weighted by molar-refractivity contribution is -0.118. The molecule has 2 aromatic rings. The second-order valence-electron chi connectivity index (χ2n) is 6.41. The van der Waals surface area contributed by atoms with E-state index in [4.69, 9.17) is 0 Å². The minimum absolute atomic E-state index is 0.0980. The van der Waals surface area contributed by atoms with Gasteiger partial charge in [-0.3, -0.25) is 9.59 Å². The van der Waals surface area contributed by atoms with Crippen LogP contribution in [0.3, 0.4) is 0 Å². The first-order valence-corrected chi connectivity index (χ1v) is 11.9. The van der Waals surface area contributed by atoms with Crippen molar-refractivity contribution in [1.29, 1.82) is 0 Å². The Morgan fingerprint density at radius 1 is 1.21 bits per heavy atom. The smallest absolute Gasteiger partial charge is 0.237 e. The van der Waals surface area contributed by atoms with E-state index in [2.05, 4.69) is 21.2 Å². The summed E-state index contributed by atoms with van der Waals surface area (Å²) >= 11 is 4.73. The molecule has 1 N–H and O–H groups in total. The fraction of sp³-hybridized carbons (Fsp3) is 0.263. The number of nitrogens with one attached hydrogen (secondary N) is 1. The molecule has 9 heteroatoms. The van der Waals surface area contributed by atoms with Gasteiger partial charge < -0.3 is 10.2 Å². The van der Waals surface area contributed by atoms with E-state index in [9.17, 15) is 18.0 Å². The summed E-state index contributed by atoms with van der Waals surface area (Å²) in [6.45, 7) is 1.79. The van der Waals surface area contributed by atoms with E-state index in [1.54, 1.807) is 32.2 Å². The Morgan fingerprint density at radius 3 is 2.57 bits per heavy atom. The van der Waals surface area contributed by atoms with Gasteiger partial charge in [0, 0.05) is 28.5 Å². The number of sulfone groups is 1. The summed E-state index contributed by atoms with van der Waals surface area (Å²) in [4.78, 5) is 26.6. The molecule has 6 nitrogen and oxygen atoms in total. The van der Waals surface area contributed by atoms with Crippen molar-refractivity contribution in [1.82, 2.24) is 0 Å². The lowest BCUT2D eigenvalue weighted by atomic mass is 10.3. The number of halogens is 1. The van der Waals surface area contributed by atoms with Gasteiger partial charge in [0.25, 0.3) is 0 Å². The second-order valence-corrected chi connectivity index (χ2v) is 10.8. The molecule has 148 valence electrons. The Hall–Kier alpha value is -1.84. The molecule has 0 fully saturated rings. The molecular weight excluding hydrogens is 464 g/mol. The van der Waals surface area contributed by atoms with E-state index in [0.717, 1.165) is 9.37 Å². The molecule has 0 radical (unpaired) electrons. The van der Waals surface area contributed by atoms with Gasteiger partial charge in [-0.1, -0.05) is 15.9 Å². The summed E-state index contributed by atoms with van der Waals surface area (Å²) in [5.41, 5.74) is 1.18. The van der Waals surface area contributed by atoms with Crippen LogP contribution in [-0.2, 0) is 19.4 Å². The topological polar surface area (TPSA) is 83.6 Å². The van der Waals surface area contributed by atoms with Crippen LogP contribution in [0.2, 0.25) is 0 Å². The van der Waals surface area contributed by atoms with Crippen LogP contribution < -0.4 is 10.2 Å². The first-order valence-electron chi connectivity index (χ1n) is 8.54. The van der Waals surface area contributed by atoms with Gasteiger partial charge in [-0.15, -0.1) is 11.8 Å². The molecule has 3 rings (SSSR count). The Bertz CT molecular complexity index is 1020. The molecule has 2 amide bonds.